The molecule has 1 atom stereocenters. The minimum absolute atomic E-state index is 0. The van der Waals surface area contributed by atoms with Crippen molar-refractivity contribution in [1.29, 1.82) is 0 Å². The number of hydrogen-bond donors (Lipinski definition) is 0. The van der Waals surface area contributed by atoms with E-state index >= 15 is 0 Å². The molecule has 2 aliphatic heterocycles. The van der Waals surface area contributed by atoms with Crippen LogP contribution < -0.4 is 15.3 Å². The molecule has 2 aromatic carbocycles. The van der Waals surface area contributed by atoms with Crippen molar-refractivity contribution in [2.45, 2.75) is 26.9 Å². The van der Waals surface area contributed by atoms with E-state index in [1.165, 1.54) is 22.2 Å². The largest absolute Gasteiger partial charge is 0.256 e. The number of hydrogen-bond acceptors (Lipinski definition) is 1. The minimum Gasteiger partial charge on any atom is -0.208 e. The molecule has 0 bridgehead atoms. The van der Waals surface area contributed by atoms with Gasteiger partial charge < -0.3 is 0 Å². The molecule has 22 heavy (non-hydrogen) atoms. The van der Waals surface area contributed by atoms with Gasteiger partial charge in [0.05, 0.1) is 0 Å². The molecule has 0 saturated heterocycles. The summed E-state index contributed by atoms with van der Waals surface area (Å²) >= 11 is 0. The van der Waals surface area contributed by atoms with Gasteiger partial charge in [-0.05, 0) is 12.1 Å². The van der Waals surface area contributed by atoms with E-state index in [9.17, 15) is 0 Å². The summed E-state index contributed by atoms with van der Waals surface area (Å²) in [5.41, 5.74) is 3.79. The summed E-state index contributed by atoms with van der Waals surface area (Å²) in [6.07, 6.45) is 2.32. The fraction of sp³-hybridized carbons (Fsp3) is 0.263. The number of nitrogens with zero attached hydrogens (tertiary/aromatic N) is 2. The van der Waals surface area contributed by atoms with Crippen molar-refractivity contribution in [3.8, 4) is 0 Å². The number of fused-ring (bicyclic) bond motifs is 4. The molecule has 3 heteroatoms. The van der Waals surface area contributed by atoms with Crippen LogP contribution in [0.5, 0.6) is 0 Å². The molecule has 2 aromatic rings. The first-order chi connectivity index (χ1) is 10.1. The topological polar surface area (TPSA) is 15.4 Å². The normalized spacial score (nSPS) is 18.4. The molecule has 1 radical (unpaired) electrons. The van der Waals surface area contributed by atoms with Gasteiger partial charge in [0.15, 0.2) is 5.70 Å². The van der Waals surface area contributed by atoms with Crippen molar-refractivity contribution in [2.75, 3.05) is 0 Å². The number of rotatable bonds is 0. The molecule has 0 saturated carbocycles. The van der Waals surface area contributed by atoms with Gasteiger partial charge in [0.1, 0.15) is 5.36 Å². The zero-order valence-electron chi connectivity index (χ0n) is 12.9. The maximum Gasteiger partial charge on any atom is 0.256 e. The van der Waals surface area contributed by atoms with Crippen molar-refractivity contribution in [3.05, 3.63) is 76.1 Å². The Morgan fingerprint density at radius 1 is 1.09 bits per heavy atom. The summed E-state index contributed by atoms with van der Waals surface area (Å²) < 4.78 is 2.37. The molecule has 2 nitrogen and oxygen atoms in total. The Kier molecular flexibility index (Phi) is 3.66. The molecular formula is C19H18IrN2. The van der Waals surface area contributed by atoms with Gasteiger partial charge in [-0.25, -0.2) is 4.99 Å². The molecule has 0 aliphatic carbocycles. The number of allylic oxidation sites excluding steroid dienone is 1. The molecular weight excluding hydrogens is 448 g/mol. The van der Waals surface area contributed by atoms with E-state index in [1.807, 2.05) is 12.1 Å². The summed E-state index contributed by atoms with van der Waals surface area (Å²) in [6, 6.07) is 18.0. The van der Waals surface area contributed by atoms with Gasteiger partial charge >= 0.3 is 0 Å². The number of benzene rings is 2. The van der Waals surface area contributed by atoms with Crippen LogP contribution in [0.2, 0.25) is 0 Å². The monoisotopic (exact) mass is 467 g/mol. The van der Waals surface area contributed by atoms with Gasteiger partial charge in [-0.2, -0.15) is 28.8 Å². The van der Waals surface area contributed by atoms with Crippen LogP contribution in [0.1, 0.15) is 38.1 Å². The average molecular weight is 467 g/mol. The molecule has 0 aromatic heterocycles. The maximum absolute atomic E-state index is 4.93. The van der Waals surface area contributed by atoms with Crippen LogP contribution in [0.15, 0.2) is 53.2 Å². The van der Waals surface area contributed by atoms with Crippen LogP contribution >= 0.6 is 0 Å². The van der Waals surface area contributed by atoms with E-state index in [4.69, 9.17) is 4.99 Å². The van der Waals surface area contributed by atoms with Crippen molar-refractivity contribution in [1.82, 2.24) is 4.58 Å². The second-order valence-corrected chi connectivity index (χ2v) is 6.68. The Balaban J connectivity index is 0.00000144. The van der Waals surface area contributed by atoms with E-state index in [-0.39, 0.29) is 31.7 Å². The molecule has 0 fully saturated rings. The fourth-order valence-corrected chi connectivity index (χ4v) is 3.16. The van der Waals surface area contributed by atoms with Crippen molar-refractivity contribution in [2.24, 2.45) is 10.4 Å². The van der Waals surface area contributed by atoms with E-state index in [2.05, 4.69) is 67.8 Å². The second-order valence-electron chi connectivity index (χ2n) is 6.68. The fourth-order valence-electron chi connectivity index (χ4n) is 3.16. The van der Waals surface area contributed by atoms with Crippen LogP contribution in [0.3, 0.4) is 0 Å². The van der Waals surface area contributed by atoms with Crippen LogP contribution in [0.25, 0.3) is 6.08 Å². The van der Waals surface area contributed by atoms with Crippen molar-refractivity contribution < 1.29 is 20.1 Å². The molecule has 1 unspecified atom stereocenters. The summed E-state index contributed by atoms with van der Waals surface area (Å²) in [4.78, 5) is 4.93. The quantitative estimate of drug-likeness (QED) is 0.419. The summed E-state index contributed by atoms with van der Waals surface area (Å²) in [6.45, 7) is 6.78. The molecule has 0 spiro atoms. The first kappa shape index (κ1) is 15.3. The predicted octanol–water partition coefficient (Wildman–Crippen LogP) is 2.71. The Labute approximate surface area is 144 Å². The average Bonchev–Trinajstić information content (AvgIpc) is 2.85. The molecule has 2 aliphatic rings. The van der Waals surface area contributed by atoms with Crippen LogP contribution in [-0.4, -0.2) is 0 Å². The van der Waals surface area contributed by atoms with E-state index in [0.29, 0.717) is 0 Å². The summed E-state index contributed by atoms with van der Waals surface area (Å²) in [5, 5.41) is 2.27. The van der Waals surface area contributed by atoms with E-state index in [1.54, 1.807) is 0 Å². The van der Waals surface area contributed by atoms with Gasteiger partial charge in [0, 0.05) is 31.6 Å². The molecule has 0 N–H and O–H groups in total. The molecule has 0 amide bonds. The summed E-state index contributed by atoms with van der Waals surface area (Å²) in [5.74, 6) is 0. The Morgan fingerprint density at radius 2 is 1.86 bits per heavy atom. The Morgan fingerprint density at radius 3 is 2.64 bits per heavy atom. The van der Waals surface area contributed by atoms with Gasteiger partial charge in [-0.15, -0.1) is 5.56 Å². The van der Waals surface area contributed by atoms with E-state index < -0.39 is 0 Å². The SMILES string of the molecule is CC(C)(C)C1=Cc2ccc[c-]c2C2N=c3ccccc3=[N+]12.[Ir]. The van der Waals surface area contributed by atoms with Gasteiger partial charge in [0.25, 0.3) is 6.17 Å². The third-order valence-electron chi connectivity index (χ3n) is 4.15. The standard InChI is InChI=1S/C19H18N2.Ir/c1-19(2,3)17-12-13-8-4-5-9-14(13)18-20-15-10-6-7-11-16(15)21(17)18;/h4-8,10-12,18H,1-3H3;. The third kappa shape index (κ3) is 2.20. The van der Waals surface area contributed by atoms with Gasteiger partial charge in [-0.3, -0.25) is 0 Å². The smallest absolute Gasteiger partial charge is 0.208 e. The van der Waals surface area contributed by atoms with E-state index in [0.717, 1.165) is 5.36 Å². The minimum atomic E-state index is 0. The first-order valence-electron chi connectivity index (χ1n) is 7.37. The second kappa shape index (κ2) is 5.26. The van der Waals surface area contributed by atoms with Crippen molar-refractivity contribution in [3.63, 3.8) is 0 Å². The molecule has 113 valence electrons. The zero-order chi connectivity index (χ0) is 14.6. The number of para-hydroxylation sites is 2. The predicted molar refractivity (Wildman–Crippen MR) is 83.9 cm³/mol. The molecule has 2 heterocycles. The first-order valence-corrected chi connectivity index (χ1v) is 7.37. The van der Waals surface area contributed by atoms with Crippen LogP contribution in [0.4, 0.5) is 0 Å². The van der Waals surface area contributed by atoms with Crippen LogP contribution in [-0.2, 0) is 20.1 Å². The van der Waals surface area contributed by atoms with Crippen molar-refractivity contribution >= 4 is 6.08 Å². The zero-order valence-corrected chi connectivity index (χ0v) is 15.3. The summed E-state index contributed by atoms with van der Waals surface area (Å²) in [7, 11) is 0. The Hall–Kier alpha value is -1.57. The molecule has 4 rings (SSSR count). The maximum atomic E-state index is 4.93. The van der Waals surface area contributed by atoms with Gasteiger partial charge in [0.2, 0.25) is 5.36 Å². The van der Waals surface area contributed by atoms with Crippen LogP contribution in [0, 0.1) is 11.5 Å². The Bertz CT molecular complexity index is 888. The third-order valence-corrected chi connectivity index (χ3v) is 4.15. The van der Waals surface area contributed by atoms with Gasteiger partial charge in [-0.1, -0.05) is 38.5 Å².